The first-order valence-corrected chi connectivity index (χ1v) is 13.0. The molecule has 8 nitrogen and oxygen atoms in total. The zero-order valence-electron chi connectivity index (χ0n) is 20.6. The predicted molar refractivity (Wildman–Crippen MR) is 150 cm³/mol. The number of hydrogen-bond donors (Lipinski definition) is 2. The summed E-state index contributed by atoms with van der Waals surface area (Å²) in [6.45, 7) is 2.33. The van der Waals surface area contributed by atoms with Crippen LogP contribution in [0.5, 0.6) is 0 Å². The van der Waals surface area contributed by atoms with Crippen molar-refractivity contribution in [3.05, 3.63) is 104 Å². The van der Waals surface area contributed by atoms with E-state index in [0.717, 1.165) is 4.90 Å². The number of nitrogens with one attached hydrogen (secondary N) is 2. The minimum Gasteiger partial charge on any atom is -0.462 e. The molecule has 3 amide bonds. The number of rotatable bonds is 9. The Morgan fingerprint density at radius 2 is 1.64 bits per heavy atom. The molecule has 3 aromatic carbocycles. The van der Waals surface area contributed by atoms with Crippen LogP contribution < -0.4 is 15.5 Å². The minimum absolute atomic E-state index is 0.129. The van der Waals surface area contributed by atoms with Crippen molar-refractivity contribution < 1.29 is 23.9 Å². The Morgan fingerprint density at radius 3 is 2.33 bits per heavy atom. The van der Waals surface area contributed by atoms with Gasteiger partial charge in [-0.3, -0.25) is 14.4 Å². The minimum atomic E-state index is -0.736. The van der Waals surface area contributed by atoms with Crippen LogP contribution in [0.2, 0.25) is 10.0 Å². The second-order valence-electron chi connectivity index (χ2n) is 8.44. The van der Waals surface area contributed by atoms with Crippen LogP contribution in [-0.4, -0.2) is 30.3 Å². The number of ether oxygens (including phenoxy) is 1. The van der Waals surface area contributed by atoms with Crippen LogP contribution in [0.3, 0.4) is 0 Å². The molecule has 0 aromatic heterocycles. The number of halogens is 3. The zero-order chi connectivity index (χ0) is 28.1. The van der Waals surface area contributed by atoms with E-state index in [9.17, 15) is 19.2 Å². The fraction of sp³-hybridized carbons (Fsp3) is 0.143. The highest BCUT2D eigenvalue weighted by molar-refractivity contribution is 6.53. The standard InChI is InChI=1S/C28H22Cl3N3O5/c1-2-12-39-28(38)17-4-3-5-21(13-17)34-26(36)23(31)24(27(34)37)33-20-10-7-16(8-11-20)25(35)32-15-18-6-9-19(29)14-22(18)30/h3-11,13-14,33H,2,12,15H2,1H3,(H,32,35). The first-order valence-electron chi connectivity index (χ1n) is 11.8. The molecule has 0 spiro atoms. The van der Waals surface area contributed by atoms with Gasteiger partial charge in [-0.15, -0.1) is 0 Å². The van der Waals surface area contributed by atoms with Gasteiger partial charge in [0, 0.05) is 27.8 Å². The number of hydrogen-bond acceptors (Lipinski definition) is 6. The van der Waals surface area contributed by atoms with Gasteiger partial charge < -0.3 is 15.4 Å². The topological polar surface area (TPSA) is 105 Å². The van der Waals surface area contributed by atoms with Gasteiger partial charge in [0.25, 0.3) is 17.7 Å². The summed E-state index contributed by atoms with van der Waals surface area (Å²) in [6.07, 6.45) is 0.660. The molecule has 11 heteroatoms. The Balaban J connectivity index is 1.43. The third kappa shape index (κ3) is 6.42. The molecule has 0 atom stereocenters. The van der Waals surface area contributed by atoms with Crippen LogP contribution in [0.4, 0.5) is 11.4 Å². The SMILES string of the molecule is CCCOC(=O)c1cccc(N2C(=O)C(Cl)=C(Nc3ccc(C(=O)NCc4ccc(Cl)cc4Cl)cc3)C2=O)c1. The van der Waals surface area contributed by atoms with E-state index < -0.39 is 17.8 Å². The molecule has 0 unspecified atom stereocenters. The van der Waals surface area contributed by atoms with Crippen molar-refractivity contribution in [1.29, 1.82) is 0 Å². The Labute approximate surface area is 239 Å². The maximum absolute atomic E-state index is 13.1. The van der Waals surface area contributed by atoms with E-state index in [2.05, 4.69) is 10.6 Å². The summed E-state index contributed by atoms with van der Waals surface area (Å²) in [7, 11) is 0. The van der Waals surface area contributed by atoms with Gasteiger partial charge in [0.2, 0.25) is 0 Å². The number of benzene rings is 3. The number of imide groups is 1. The summed E-state index contributed by atoms with van der Waals surface area (Å²) in [5.74, 6) is -2.32. The van der Waals surface area contributed by atoms with Gasteiger partial charge in [-0.25, -0.2) is 9.69 Å². The maximum atomic E-state index is 13.1. The molecule has 2 N–H and O–H groups in total. The highest BCUT2D eigenvalue weighted by Gasteiger charge is 2.39. The van der Waals surface area contributed by atoms with Gasteiger partial charge in [-0.05, 0) is 66.6 Å². The van der Waals surface area contributed by atoms with Crippen molar-refractivity contribution in [1.82, 2.24) is 5.32 Å². The number of carbonyl (C=O) groups excluding carboxylic acids is 4. The van der Waals surface area contributed by atoms with E-state index in [-0.39, 0.29) is 41.0 Å². The van der Waals surface area contributed by atoms with Crippen LogP contribution >= 0.6 is 34.8 Å². The molecular weight excluding hydrogens is 565 g/mol. The first kappa shape index (κ1) is 28.2. The molecule has 1 heterocycles. The second-order valence-corrected chi connectivity index (χ2v) is 9.66. The normalized spacial score (nSPS) is 13.1. The Morgan fingerprint density at radius 1 is 0.897 bits per heavy atom. The number of carbonyl (C=O) groups is 4. The van der Waals surface area contributed by atoms with Crippen LogP contribution in [-0.2, 0) is 20.9 Å². The lowest BCUT2D eigenvalue weighted by molar-refractivity contribution is -0.120. The first-order chi connectivity index (χ1) is 18.7. The highest BCUT2D eigenvalue weighted by Crippen LogP contribution is 2.31. The molecule has 0 aliphatic carbocycles. The molecule has 4 rings (SSSR count). The summed E-state index contributed by atoms with van der Waals surface area (Å²) in [5.41, 5.74) is 1.76. The molecule has 0 bridgehead atoms. The molecule has 0 saturated heterocycles. The van der Waals surface area contributed by atoms with Crippen molar-refractivity contribution in [2.24, 2.45) is 0 Å². The molecule has 0 fully saturated rings. The number of nitrogens with zero attached hydrogens (tertiary/aromatic N) is 1. The van der Waals surface area contributed by atoms with Crippen LogP contribution in [0.15, 0.2) is 77.5 Å². The van der Waals surface area contributed by atoms with Crippen molar-refractivity contribution in [3.63, 3.8) is 0 Å². The van der Waals surface area contributed by atoms with Gasteiger partial charge in [-0.1, -0.05) is 53.9 Å². The smallest absolute Gasteiger partial charge is 0.338 e. The number of anilines is 2. The summed E-state index contributed by atoms with van der Waals surface area (Å²) < 4.78 is 5.13. The van der Waals surface area contributed by atoms with E-state index >= 15 is 0 Å². The fourth-order valence-corrected chi connectivity index (χ4v) is 4.38. The van der Waals surface area contributed by atoms with Gasteiger partial charge in [0.1, 0.15) is 10.7 Å². The molecule has 3 aromatic rings. The summed E-state index contributed by atoms with van der Waals surface area (Å²) in [5, 5.41) is 6.27. The third-order valence-corrected chi connectivity index (χ3v) is 6.61. The molecule has 0 saturated carbocycles. The Hall–Kier alpha value is -3.85. The highest BCUT2D eigenvalue weighted by atomic mass is 35.5. The third-order valence-electron chi connectivity index (χ3n) is 5.68. The monoisotopic (exact) mass is 585 g/mol. The quantitative estimate of drug-likeness (QED) is 0.238. The van der Waals surface area contributed by atoms with E-state index in [1.54, 1.807) is 48.5 Å². The molecule has 1 aliphatic heterocycles. The van der Waals surface area contributed by atoms with Crippen LogP contribution in [0.1, 0.15) is 39.6 Å². The summed E-state index contributed by atoms with van der Waals surface area (Å²) in [6, 6.07) is 17.3. The van der Waals surface area contributed by atoms with Crippen LogP contribution in [0, 0.1) is 0 Å². The van der Waals surface area contributed by atoms with Crippen molar-refractivity contribution in [2.45, 2.75) is 19.9 Å². The zero-order valence-corrected chi connectivity index (χ0v) is 22.9. The maximum Gasteiger partial charge on any atom is 0.338 e. The lowest BCUT2D eigenvalue weighted by atomic mass is 10.1. The second kappa shape index (κ2) is 12.3. The van der Waals surface area contributed by atoms with E-state index in [4.69, 9.17) is 39.5 Å². The fourth-order valence-electron chi connectivity index (χ4n) is 3.69. The average molecular weight is 587 g/mol. The van der Waals surface area contributed by atoms with Gasteiger partial charge >= 0.3 is 5.97 Å². The Kier molecular flexibility index (Phi) is 8.91. The van der Waals surface area contributed by atoms with Crippen LogP contribution in [0.25, 0.3) is 0 Å². The van der Waals surface area contributed by atoms with Gasteiger partial charge in [0.15, 0.2) is 0 Å². The van der Waals surface area contributed by atoms with Crippen molar-refractivity contribution in [2.75, 3.05) is 16.8 Å². The van der Waals surface area contributed by atoms with Gasteiger partial charge in [-0.2, -0.15) is 0 Å². The molecule has 0 radical (unpaired) electrons. The predicted octanol–water partition coefficient (Wildman–Crippen LogP) is 5.93. The van der Waals surface area contributed by atoms with Crippen molar-refractivity contribution >= 4 is 69.9 Å². The van der Waals surface area contributed by atoms with E-state index in [1.165, 1.54) is 18.2 Å². The average Bonchev–Trinajstić information content (AvgIpc) is 3.14. The lowest BCUT2D eigenvalue weighted by Crippen LogP contribution is -2.32. The molecule has 1 aliphatic rings. The molecule has 200 valence electrons. The number of amides is 3. The van der Waals surface area contributed by atoms with E-state index in [1.807, 2.05) is 6.92 Å². The lowest BCUT2D eigenvalue weighted by Gasteiger charge is -2.16. The largest absolute Gasteiger partial charge is 0.462 e. The van der Waals surface area contributed by atoms with E-state index in [0.29, 0.717) is 33.3 Å². The summed E-state index contributed by atoms with van der Waals surface area (Å²) >= 11 is 18.3. The Bertz CT molecular complexity index is 1490. The number of esters is 1. The molecule has 39 heavy (non-hydrogen) atoms. The molecular formula is C28H22Cl3N3O5. The van der Waals surface area contributed by atoms with Crippen molar-refractivity contribution in [3.8, 4) is 0 Å². The summed E-state index contributed by atoms with van der Waals surface area (Å²) in [4.78, 5) is 51.6. The van der Waals surface area contributed by atoms with Gasteiger partial charge in [0.05, 0.1) is 17.9 Å².